The molecule has 0 spiro atoms. The Bertz CT molecular complexity index is 210. The first kappa shape index (κ1) is 17.4. The first-order valence-electron chi connectivity index (χ1n) is 6.67. The van der Waals surface area contributed by atoms with Crippen LogP contribution in [0.5, 0.6) is 0 Å². The van der Waals surface area contributed by atoms with Gasteiger partial charge in [0.05, 0.1) is 6.61 Å². The minimum absolute atomic E-state index is 0.237. The quantitative estimate of drug-likeness (QED) is 0.546. The molecule has 1 N–H and O–H groups in total. The van der Waals surface area contributed by atoms with Gasteiger partial charge >= 0.3 is 0 Å². The van der Waals surface area contributed by atoms with Crippen molar-refractivity contribution in [1.82, 2.24) is 15.1 Å². The largest absolute Gasteiger partial charge is 0.383 e. The van der Waals surface area contributed by atoms with Crippen LogP contribution in [0.4, 0.5) is 0 Å². The highest BCUT2D eigenvalue weighted by molar-refractivity contribution is 5.76. The summed E-state index contributed by atoms with van der Waals surface area (Å²) in [5.74, 6) is 0.237. The number of methoxy groups -OCH3 is 1. The third-order valence-corrected chi connectivity index (χ3v) is 2.77. The van der Waals surface area contributed by atoms with E-state index in [4.69, 9.17) is 4.74 Å². The van der Waals surface area contributed by atoms with Crippen molar-refractivity contribution in [2.45, 2.75) is 19.3 Å². The Kier molecular flexibility index (Phi) is 11.0. The second-order valence-corrected chi connectivity index (χ2v) is 4.74. The first-order chi connectivity index (χ1) is 8.61. The van der Waals surface area contributed by atoms with Crippen LogP contribution < -0.4 is 5.32 Å². The van der Waals surface area contributed by atoms with Crippen molar-refractivity contribution in [2.75, 3.05) is 61.0 Å². The van der Waals surface area contributed by atoms with Crippen molar-refractivity contribution in [3.8, 4) is 0 Å². The lowest BCUT2D eigenvalue weighted by molar-refractivity contribution is -0.132. The summed E-state index contributed by atoms with van der Waals surface area (Å²) in [6, 6.07) is 0. The molecule has 5 heteroatoms. The Labute approximate surface area is 111 Å². The number of amides is 1. The van der Waals surface area contributed by atoms with Gasteiger partial charge in [-0.2, -0.15) is 0 Å². The number of rotatable bonds is 11. The fraction of sp³-hybridized carbons (Fsp3) is 0.923. The number of hydrogen-bond acceptors (Lipinski definition) is 4. The minimum Gasteiger partial charge on any atom is -0.383 e. The molecule has 0 heterocycles. The molecule has 0 aliphatic heterocycles. The zero-order valence-corrected chi connectivity index (χ0v) is 12.4. The highest BCUT2D eigenvalue weighted by Gasteiger charge is 2.12. The monoisotopic (exact) mass is 259 g/mol. The SMILES string of the molecule is CNCCCC(=O)N(CCCN(C)C)CCOC. The Hall–Kier alpha value is -0.650. The Morgan fingerprint density at radius 2 is 1.89 bits per heavy atom. The van der Waals surface area contributed by atoms with Gasteiger partial charge < -0.3 is 19.9 Å². The van der Waals surface area contributed by atoms with Crippen LogP contribution in [0.2, 0.25) is 0 Å². The Morgan fingerprint density at radius 3 is 2.44 bits per heavy atom. The molecule has 5 nitrogen and oxygen atoms in total. The summed E-state index contributed by atoms with van der Waals surface area (Å²) in [5.41, 5.74) is 0. The molecule has 0 rings (SSSR count). The standard InChI is InChI=1S/C13H29N3O2/c1-14-8-5-7-13(17)16(11-12-18-4)10-6-9-15(2)3/h14H,5-12H2,1-4H3. The molecule has 0 unspecified atom stereocenters. The van der Waals surface area contributed by atoms with Crippen molar-refractivity contribution in [1.29, 1.82) is 0 Å². The normalized spacial score (nSPS) is 10.9. The molecular formula is C13H29N3O2. The molecule has 0 fully saturated rings. The minimum atomic E-state index is 0.237. The molecule has 1 amide bonds. The van der Waals surface area contributed by atoms with E-state index in [2.05, 4.69) is 10.2 Å². The maximum absolute atomic E-state index is 12.0. The highest BCUT2D eigenvalue weighted by atomic mass is 16.5. The maximum atomic E-state index is 12.0. The number of carbonyl (C=O) groups excluding carboxylic acids is 1. The molecule has 0 atom stereocenters. The van der Waals surface area contributed by atoms with Crippen molar-refractivity contribution >= 4 is 5.91 Å². The number of hydrogen-bond donors (Lipinski definition) is 1. The second kappa shape index (κ2) is 11.4. The lowest BCUT2D eigenvalue weighted by Crippen LogP contribution is -2.36. The van der Waals surface area contributed by atoms with Gasteiger partial charge in [0.1, 0.15) is 0 Å². The molecule has 0 aromatic rings. The zero-order valence-electron chi connectivity index (χ0n) is 12.4. The summed E-state index contributed by atoms with van der Waals surface area (Å²) < 4.78 is 5.06. The van der Waals surface area contributed by atoms with E-state index in [-0.39, 0.29) is 5.91 Å². The number of ether oxygens (including phenoxy) is 1. The molecule has 0 saturated carbocycles. The highest BCUT2D eigenvalue weighted by Crippen LogP contribution is 2.00. The topological polar surface area (TPSA) is 44.8 Å². The van der Waals surface area contributed by atoms with Gasteiger partial charge in [-0.3, -0.25) is 4.79 Å². The van der Waals surface area contributed by atoms with E-state index in [1.807, 2.05) is 26.0 Å². The van der Waals surface area contributed by atoms with Gasteiger partial charge in [-0.05, 0) is 47.1 Å². The Balaban J connectivity index is 3.98. The predicted octanol–water partition coefficient (Wildman–Crippen LogP) is 0.413. The van der Waals surface area contributed by atoms with E-state index in [9.17, 15) is 4.79 Å². The summed E-state index contributed by atoms with van der Waals surface area (Å²) in [4.78, 5) is 16.1. The fourth-order valence-electron chi connectivity index (χ4n) is 1.71. The van der Waals surface area contributed by atoms with Gasteiger partial charge in [-0.25, -0.2) is 0 Å². The van der Waals surface area contributed by atoms with Crippen LogP contribution in [0.1, 0.15) is 19.3 Å². The van der Waals surface area contributed by atoms with Gasteiger partial charge in [-0.1, -0.05) is 0 Å². The molecule has 108 valence electrons. The van der Waals surface area contributed by atoms with Crippen LogP contribution in [0, 0.1) is 0 Å². The zero-order chi connectivity index (χ0) is 13.8. The lowest BCUT2D eigenvalue weighted by Gasteiger charge is -2.23. The van der Waals surface area contributed by atoms with E-state index in [0.717, 1.165) is 32.5 Å². The summed E-state index contributed by atoms with van der Waals surface area (Å²) in [7, 11) is 7.68. The van der Waals surface area contributed by atoms with Crippen LogP contribution >= 0.6 is 0 Å². The van der Waals surface area contributed by atoms with Crippen LogP contribution in [0.15, 0.2) is 0 Å². The molecule has 0 saturated heterocycles. The first-order valence-corrected chi connectivity index (χ1v) is 6.67. The van der Waals surface area contributed by atoms with Crippen LogP contribution in [-0.4, -0.2) is 76.7 Å². The van der Waals surface area contributed by atoms with Gasteiger partial charge in [0.2, 0.25) is 5.91 Å². The molecule has 0 aromatic carbocycles. The average molecular weight is 259 g/mol. The Morgan fingerprint density at radius 1 is 1.17 bits per heavy atom. The van der Waals surface area contributed by atoms with E-state index in [1.165, 1.54) is 0 Å². The number of carbonyl (C=O) groups is 1. The molecule has 0 aliphatic rings. The molecule has 18 heavy (non-hydrogen) atoms. The summed E-state index contributed by atoms with van der Waals surface area (Å²) >= 11 is 0. The molecule has 0 radical (unpaired) electrons. The smallest absolute Gasteiger partial charge is 0.222 e. The molecular weight excluding hydrogens is 230 g/mol. The van der Waals surface area contributed by atoms with E-state index < -0.39 is 0 Å². The summed E-state index contributed by atoms with van der Waals surface area (Å²) in [6.45, 7) is 4.02. The number of nitrogens with one attached hydrogen (secondary N) is 1. The number of nitrogens with zero attached hydrogens (tertiary/aromatic N) is 2. The third kappa shape index (κ3) is 9.39. The van der Waals surface area contributed by atoms with Crippen molar-refractivity contribution in [3.05, 3.63) is 0 Å². The second-order valence-electron chi connectivity index (χ2n) is 4.74. The van der Waals surface area contributed by atoms with Crippen molar-refractivity contribution in [2.24, 2.45) is 0 Å². The van der Waals surface area contributed by atoms with Gasteiger partial charge in [-0.15, -0.1) is 0 Å². The third-order valence-electron chi connectivity index (χ3n) is 2.77. The molecule has 0 aromatic heterocycles. The summed E-state index contributed by atoms with van der Waals surface area (Å²) in [5, 5.41) is 3.06. The van der Waals surface area contributed by atoms with Crippen molar-refractivity contribution in [3.63, 3.8) is 0 Å². The van der Waals surface area contributed by atoms with Gasteiger partial charge in [0, 0.05) is 26.6 Å². The molecule has 0 bridgehead atoms. The van der Waals surface area contributed by atoms with Crippen LogP contribution in [-0.2, 0) is 9.53 Å². The van der Waals surface area contributed by atoms with Crippen LogP contribution in [0.3, 0.4) is 0 Å². The van der Waals surface area contributed by atoms with E-state index in [0.29, 0.717) is 19.6 Å². The van der Waals surface area contributed by atoms with E-state index >= 15 is 0 Å². The predicted molar refractivity (Wildman–Crippen MR) is 74.8 cm³/mol. The van der Waals surface area contributed by atoms with E-state index in [1.54, 1.807) is 7.11 Å². The maximum Gasteiger partial charge on any atom is 0.222 e. The lowest BCUT2D eigenvalue weighted by atomic mass is 10.2. The average Bonchev–Trinajstić information content (AvgIpc) is 2.33. The van der Waals surface area contributed by atoms with Gasteiger partial charge in [0.25, 0.3) is 0 Å². The molecule has 0 aliphatic carbocycles. The van der Waals surface area contributed by atoms with Crippen LogP contribution in [0.25, 0.3) is 0 Å². The summed E-state index contributed by atoms with van der Waals surface area (Å²) in [6.07, 6.45) is 2.52. The van der Waals surface area contributed by atoms with Gasteiger partial charge in [0.15, 0.2) is 0 Å². The van der Waals surface area contributed by atoms with Crippen molar-refractivity contribution < 1.29 is 9.53 Å². The fourth-order valence-corrected chi connectivity index (χ4v) is 1.71.